The highest BCUT2D eigenvalue weighted by molar-refractivity contribution is 6.17. The summed E-state index contributed by atoms with van der Waals surface area (Å²) in [5.41, 5.74) is 0. The van der Waals surface area contributed by atoms with E-state index in [0.717, 1.165) is 5.88 Å². The minimum atomic E-state index is 0. The highest BCUT2D eigenvalue weighted by Gasteiger charge is 2.25. The van der Waals surface area contributed by atoms with Crippen molar-refractivity contribution in [3.63, 3.8) is 0 Å². The normalized spacial score (nSPS) is 11.5. The molecule has 0 saturated heterocycles. The third kappa shape index (κ3) is 15.0. The summed E-state index contributed by atoms with van der Waals surface area (Å²) >= 11 is 6.05. The van der Waals surface area contributed by atoms with Gasteiger partial charge in [0.15, 0.2) is 0 Å². The van der Waals surface area contributed by atoms with Gasteiger partial charge in [0.25, 0.3) is 0 Å². The summed E-state index contributed by atoms with van der Waals surface area (Å²) in [4.78, 5) is 0. The van der Waals surface area contributed by atoms with Crippen LogP contribution in [0.3, 0.4) is 0 Å². The minimum absolute atomic E-state index is 0. The Bertz CT molecular complexity index is 205. The lowest BCUT2D eigenvalue weighted by Crippen LogP contribution is -3.00. The van der Waals surface area contributed by atoms with E-state index in [2.05, 4.69) is 20.8 Å². The minimum Gasteiger partial charge on any atom is -1.00 e. The second-order valence-electron chi connectivity index (χ2n) is 7.46. The number of quaternary nitrogens is 1. The van der Waals surface area contributed by atoms with Crippen LogP contribution in [0.5, 0.6) is 0 Å². The van der Waals surface area contributed by atoms with Crippen LogP contribution in [0.15, 0.2) is 0 Å². The van der Waals surface area contributed by atoms with E-state index >= 15 is 0 Å². The van der Waals surface area contributed by atoms with Crippen LogP contribution in [0.1, 0.15) is 104 Å². The zero-order chi connectivity index (χ0) is 17.2. The maximum Gasteiger partial charge on any atom is 0.0798 e. The van der Waals surface area contributed by atoms with Gasteiger partial charge in [0.1, 0.15) is 0 Å². The van der Waals surface area contributed by atoms with E-state index in [4.69, 9.17) is 11.6 Å². The van der Waals surface area contributed by atoms with Crippen LogP contribution < -0.4 is 17.0 Å². The lowest BCUT2D eigenvalue weighted by Gasteiger charge is -2.39. The number of nitrogens with zero attached hydrogens (tertiary/aromatic N) is 1. The lowest BCUT2D eigenvalue weighted by molar-refractivity contribution is -0.928. The molecule has 0 saturated carbocycles. The highest BCUT2D eigenvalue weighted by Crippen LogP contribution is 2.18. The second kappa shape index (κ2) is 20.0. The first-order valence-electron chi connectivity index (χ1n) is 10.7. The average molecular weight is 427 g/mol. The van der Waals surface area contributed by atoms with Crippen molar-refractivity contribution in [2.75, 3.05) is 32.1 Å². The fourth-order valence-electron chi connectivity index (χ4n) is 3.69. The highest BCUT2D eigenvalue weighted by atomic mass is 79.9. The van der Waals surface area contributed by atoms with Crippen molar-refractivity contribution in [2.45, 2.75) is 104 Å². The Balaban J connectivity index is 0. The van der Waals surface area contributed by atoms with Crippen molar-refractivity contribution in [2.24, 2.45) is 0 Å². The smallest absolute Gasteiger partial charge is 0.0798 e. The summed E-state index contributed by atoms with van der Waals surface area (Å²) in [6.07, 6.45) is 17.9. The third-order valence-corrected chi connectivity index (χ3v) is 5.49. The monoisotopic (exact) mass is 425 g/mol. The van der Waals surface area contributed by atoms with Crippen molar-refractivity contribution < 1.29 is 21.5 Å². The second-order valence-corrected chi connectivity index (χ2v) is 7.84. The van der Waals surface area contributed by atoms with E-state index in [1.54, 1.807) is 0 Å². The van der Waals surface area contributed by atoms with Crippen molar-refractivity contribution in [1.29, 1.82) is 0 Å². The molecule has 1 nitrogen and oxygen atoms in total. The van der Waals surface area contributed by atoms with Gasteiger partial charge in [-0.25, -0.2) is 0 Å². The van der Waals surface area contributed by atoms with E-state index < -0.39 is 0 Å². The molecule has 0 amide bonds. The molecule has 0 aromatic carbocycles. The largest absolute Gasteiger partial charge is 1.00 e. The summed E-state index contributed by atoms with van der Waals surface area (Å²) < 4.78 is 1.36. The molecule has 0 atom stereocenters. The molecule has 0 aliphatic carbocycles. The van der Waals surface area contributed by atoms with Crippen LogP contribution in [0.4, 0.5) is 0 Å². The molecule has 0 radical (unpaired) electrons. The number of hydrogen-bond donors (Lipinski definition) is 0. The molecule has 0 fully saturated rings. The quantitative estimate of drug-likeness (QED) is 0.175. The zero-order valence-electron chi connectivity index (χ0n) is 16.9. The molecule has 0 bridgehead atoms. The standard InChI is InChI=1S/C21H45ClN.BrH/c1-4-7-10-13-18-23(21-16-17-22,19-14-11-8-5-2)20-15-12-9-6-3;/h4-21H2,1-3H3;1H/q+1;/p-1. The number of unbranched alkanes of at least 4 members (excludes halogenated alkanes) is 9. The predicted octanol–water partition coefficient (Wildman–Crippen LogP) is 4.18. The maximum absolute atomic E-state index is 6.05. The molecular formula is C21H45BrClN. The Morgan fingerprint density at radius 1 is 0.500 bits per heavy atom. The zero-order valence-corrected chi connectivity index (χ0v) is 19.3. The van der Waals surface area contributed by atoms with E-state index in [0.29, 0.717) is 0 Å². The molecule has 0 spiro atoms. The Morgan fingerprint density at radius 3 is 1.12 bits per heavy atom. The van der Waals surface area contributed by atoms with Gasteiger partial charge in [0, 0.05) is 12.3 Å². The molecule has 0 N–H and O–H groups in total. The molecule has 0 aliphatic rings. The van der Waals surface area contributed by atoms with E-state index in [9.17, 15) is 0 Å². The van der Waals surface area contributed by atoms with Gasteiger partial charge < -0.3 is 21.5 Å². The van der Waals surface area contributed by atoms with E-state index in [1.807, 2.05) is 0 Å². The summed E-state index contributed by atoms with van der Waals surface area (Å²) in [6.45, 7) is 12.4. The maximum atomic E-state index is 6.05. The Hall–Kier alpha value is 0.730. The summed E-state index contributed by atoms with van der Waals surface area (Å²) in [6, 6.07) is 0. The molecule has 3 heteroatoms. The number of hydrogen-bond acceptors (Lipinski definition) is 0. The van der Waals surface area contributed by atoms with E-state index in [-0.39, 0.29) is 17.0 Å². The summed E-state index contributed by atoms with van der Waals surface area (Å²) in [5, 5.41) is 0. The van der Waals surface area contributed by atoms with Gasteiger partial charge in [-0.3, -0.25) is 0 Å². The summed E-state index contributed by atoms with van der Waals surface area (Å²) in [5.74, 6) is 0.832. The molecule has 0 aliphatic heterocycles. The summed E-state index contributed by atoms with van der Waals surface area (Å²) in [7, 11) is 0. The number of rotatable bonds is 18. The van der Waals surface area contributed by atoms with Gasteiger partial charge in [-0.2, -0.15) is 0 Å². The van der Waals surface area contributed by atoms with Gasteiger partial charge in [0.2, 0.25) is 0 Å². The third-order valence-electron chi connectivity index (χ3n) is 5.22. The van der Waals surface area contributed by atoms with Crippen molar-refractivity contribution in [1.82, 2.24) is 0 Å². The Morgan fingerprint density at radius 2 is 0.833 bits per heavy atom. The van der Waals surface area contributed by atoms with Crippen LogP contribution >= 0.6 is 11.6 Å². The van der Waals surface area contributed by atoms with Gasteiger partial charge in [-0.15, -0.1) is 11.6 Å². The molecule has 24 heavy (non-hydrogen) atoms. The van der Waals surface area contributed by atoms with Gasteiger partial charge in [-0.1, -0.05) is 59.3 Å². The lowest BCUT2D eigenvalue weighted by atomic mass is 10.1. The van der Waals surface area contributed by atoms with Gasteiger partial charge >= 0.3 is 0 Å². The van der Waals surface area contributed by atoms with Crippen LogP contribution in [-0.2, 0) is 0 Å². The predicted molar refractivity (Wildman–Crippen MR) is 107 cm³/mol. The average Bonchev–Trinajstić information content (AvgIpc) is 2.57. The molecular weight excluding hydrogens is 382 g/mol. The van der Waals surface area contributed by atoms with Crippen molar-refractivity contribution in [3.05, 3.63) is 0 Å². The Labute approximate surface area is 169 Å². The van der Waals surface area contributed by atoms with Gasteiger partial charge in [-0.05, 0) is 38.5 Å². The molecule has 0 heterocycles. The van der Waals surface area contributed by atoms with Gasteiger partial charge in [0.05, 0.1) is 26.2 Å². The van der Waals surface area contributed by atoms with Crippen molar-refractivity contribution in [3.8, 4) is 0 Å². The molecule has 0 aromatic heterocycles. The van der Waals surface area contributed by atoms with E-state index in [1.165, 1.54) is 114 Å². The number of halogens is 2. The van der Waals surface area contributed by atoms with Crippen LogP contribution in [-0.4, -0.2) is 36.5 Å². The molecule has 0 unspecified atom stereocenters. The first-order chi connectivity index (χ1) is 11.2. The number of alkyl halides is 1. The van der Waals surface area contributed by atoms with Crippen LogP contribution in [0, 0.1) is 0 Å². The SMILES string of the molecule is CCCCCC[N+](CCCCl)(CCCCCC)CCCCCC.[Br-]. The fourth-order valence-corrected chi connectivity index (χ4v) is 3.81. The molecule has 148 valence electrons. The molecule has 0 aromatic rings. The van der Waals surface area contributed by atoms with Crippen LogP contribution in [0.2, 0.25) is 0 Å². The fraction of sp³-hybridized carbons (Fsp3) is 1.00. The van der Waals surface area contributed by atoms with Crippen molar-refractivity contribution >= 4 is 11.6 Å². The first-order valence-corrected chi connectivity index (χ1v) is 11.2. The topological polar surface area (TPSA) is 0 Å². The Kier molecular flexibility index (Phi) is 22.5. The van der Waals surface area contributed by atoms with Crippen LogP contribution in [0.25, 0.3) is 0 Å². The molecule has 0 rings (SSSR count). The first kappa shape index (κ1) is 27.0.